The largest absolute Gasteiger partial charge is 0.313 e. The summed E-state index contributed by atoms with van der Waals surface area (Å²) < 4.78 is 0. The first-order chi connectivity index (χ1) is 7.90. The Morgan fingerprint density at radius 2 is 1.81 bits per heavy atom. The maximum absolute atomic E-state index is 4.32. The van der Waals surface area contributed by atoms with Crippen LogP contribution in [0.5, 0.6) is 0 Å². The molecule has 0 radical (unpaired) electrons. The summed E-state index contributed by atoms with van der Waals surface area (Å²) in [5.41, 5.74) is 2.09. The van der Waals surface area contributed by atoms with Crippen LogP contribution in [0.15, 0.2) is 36.9 Å². The minimum Gasteiger partial charge on any atom is -0.313 e. The van der Waals surface area contributed by atoms with Gasteiger partial charge in [-0.05, 0) is 18.7 Å². The van der Waals surface area contributed by atoms with Crippen LogP contribution in [-0.4, -0.2) is 21.5 Å². The van der Waals surface area contributed by atoms with Gasteiger partial charge in [0.05, 0.1) is 0 Å². The molecule has 0 aromatic carbocycles. The predicted octanol–water partition coefficient (Wildman–Crippen LogP) is 1.65. The van der Waals surface area contributed by atoms with Gasteiger partial charge in [-0.3, -0.25) is 4.98 Å². The third kappa shape index (κ3) is 2.61. The molecular formula is C12H14N4. The minimum atomic E-state index is 0.739. The lowest BCUT2D eigenvalue weighted by atomic mass is 10.2. The summed E-state index contributed by atoms with van der Waals surface area (Å²) in [7, 11) is 0. The van der Waals surface area contributed by atoms with Crippen LogP contribution in [0.4, 0.5) is 0 Å². The van der Waals surface area contributed by atoms with Gasteiger partial charge >= 0.3 is 0 Å². The number of pyridine rings is 1. The molecule has 0 spiro atoms. The summed E-state index contributed by atoms with van der Waals surface area (Å²) >= 11 is 0. The van der Waals surface area contributed by atoms with E-state index < -0.39 is 0 Å². The van der Waals surface area contributed by atoms with Crippen molar-refractivity contribution in [2.45, 2.75) is 13.5 Å². The third-order valence-corrected chi connectivity index (χ3v) is 2.22. The number of nitrogens with one attached hydrogen (secondary N) is 1. The number of aromatic nitrogens is 3. The molecule has 2 aromatic heterocycles. The topological polar surface area (TPSA) is 50.7 Å². The molecule has 0 saturated heterocycles. The molecule has 0 aliphatic rings. The standard InChI is InChI=1S/C12H14N4/c1-2-13-7-10-8-15-12(16-9-10)11-3-5-14-6-4-11/h3-6,8-9,13H,2,7H2,1H3. The van der Waals surface area contributed by atoms with Gasteiger partial charge in [0.15, 0.2) is 5.82 Å². The lowest BCUT2D eigenvalue weighted by molar-refractivity contribution is 0.721. The van der Waals surface area contributed by atoms with Crippen molar-refractivity contribution in [3.8, 4) is 11.4 Å². The first-order valence-electron chi connectivity index (χ1n) is 5.32. The second-order valence-corrected chi connectivity index (χ2v) is 3.43. The molecule has 0 amide bonds. The molecule has 2 rings (SSSR count). The van der Waals surface area contributed by atoms with Crippen LogP contribution in [-0.2, 0) is 6.54 Å². The first kappa shape index (κ1) is 10.7. The van der Waals surface area contributed by atoms with E-state index in [0.717, 1.165) is 30.0 Å². The number of nitrogens with zero attached hydrogens (tertiary/aromatic N) is 3. The van der Waals surface area contributed by atoms with Crippen molar-refractivity contribution < 1.29 is 0 Å². The monoisotopic (exact) mass is 214 g/mol. The molecule has 0 aliphatic heterocycles. The molecule has 4 nitrogen and oxygen atoms in total. The van der Waals surface area contributed by atoms with Gasteiger partial charge in [-0.2, -0.15) is 0 Å². The summed E-state index contributed by atoms with van der Waals surface area (Å²) in [4.78, 5) is 12.6. The Morgan fingerprint density at radius 3 is 2.44 bits per heavy atom. The van der Waals surface area contributed by atoms with Gasteiger partial charge in [-0.25, -0.2) is 9.97 Å². The summed E-state index contributed by atoms with van der Waals surface area (Å²) in [5, 5.41) is 3.23. The third-order valence-electron chi connectivity index (χ3n) is 2.22. The average molecular weight is 214 g/mol. The van der Waals surface area contributed by atoms with E-state index in [-0.39, 0.29) is 0 Å². The minimum absolute atomic E-state index is 0.739. The van der Waals surface area contributed by atoms with E-state index in [9.17, 15) is 0 Å². The van der Waals surface area contributed by atoms with Gasteiger partial charge in [0.25, 0.3) is 0 Å². The zero-order chi connectivity index (χ0) is 11.2. The van der Waals surface area contributed by atoms with Crippen molar-refractivity contribution in [1.82, 2.24) is 20.3 Å². The lowest BCUT2D eigenvalue weighted by Gasteiger charge is -2.02. The van der Waals surface area contributed by atoms with Gasteiger partial charge < -0.3 is 5.32 Å². The van der Waals surface area contributed by atoms with Gasteiger partial charge in [0.2, 0.25) is 0 Å². The SMILES string of the molecule is CCNCc1cnc(-c2ccncc2)nc1. The van der Waals surface area contributed by atoms with Crippen molar-refractivity contribution in [2.75, 3.05) is 6.54 Å². The Hall–Kier alpha value is -1.81. The highest BCUT2D eigenvalue weighted by molar-refractivity contribution is 5.53. The van der Waals surface area contributed by atoms with Crippen LogP contribution in [0.1, 0.15) is 12.5 Å². The van der Waals surface area contributed by atoms with Crippen molar-refractivity contribution in [3.63, 3.8) is 0 Å². The Balaban J connectivity index is 2.13. The Labute approximate surface area is 94.8 Å². The zero-order valence-electron chi connectivity index (χ0n) is 9.22. The van der Waals surface area contributed by atoms with Gasteiger partial charge in [0.1, 0.15) is 0 Å². The Bertz CT molecular complexity index is 425. The number of hydrogen-bond donors (Lipinski definition) is 1. The second-order valence-electron chi connectivity index (χ2n) is 3.43. The fraction of sp³-hybridized carbons (Fsp3) is 0.250. The number of hydrogen-bond acceptors (Lipinski definition) is 4. The molecule has 4 heteroatoms. The Morgan fingerprint density at radius 1 is 1.12 bits per heavy atom. The van der Waals surface area contributed by atoms with Crippen LogP contribution in [0, 0.1) is 0 Å². The van der Waals surface area contributed by atoms with E-state index in [1.807, 2.05) is 24.5 Å². The maximum Gasteiger partial charge on any atom is 0.159 e. The molecule has 0 unspecified atom stereocenters. The van der Waals surface area contributed by atoms with E-state index in [1.165, 1.54) is 0 Å². The smallest absolute Gasteiger partial charge is 0.159 e. The van der Waals surface area contributed by atoms with Gasteiger partial charge in [0, 0.05) is 42.5 Å². The molecule has 0 saturated carbocycles. The second kappa shape index (κ2) is 5.32. The molecule has 1 N–H and O–H groups in total. The molecule has 0 fully saturated rings. The van der Waals surface area contributed by atoms with Crippen molar-refractivity contribution in [1.29, 1.82) is 0 Å². The summed E-state index contributed by atoms with van der Waals surface area (Å²) in [5.74, 6) is 0.739. The molecular weight excluding hydrogens is 200 g/mol. The molecule has 82 valence electrons. The van der Waals surface area contributed by atoms with Gasteiger partial charge in [-0.1, -0.05) is 6.92 Å². The molecule has 0 atom stereocenters. The van der Waals surface area contributed by atoms with Gasteiger partial charge in [-0.15, -0.1) is 0 Å². The molecule has 2 aromatic rings. The van der Waals surface area contributed by atoms with Crippen LogP contribution < -0.4 is 5.32 Å². The summed E-state index contributed by atoms with van der Waals surface area (Å²) in [6.07, 6.45) is 7.19. The van der Waals surface area contributed by atoms with Crippen LogP contribution in [0.25, 0.3) is 11.4 Å². The van der Waals surface area contributed by atoms with Crippen molar-refractivity contribution in [2.24, 2.45) is 0 Å². The summed E-state index contributed by atoms with van der Waals surface area (Å²) in [6, 6.07) is 3.80. The van der Waals surface area contributed by atoms with Crippen molar-refractivity contribution in [3.05, 3.63) is 42.5 Å². The highest BCUT2D eigenvalue weighted by atomic mass is 14.9. The summed E-state index contributed by atoms with van der Waals surface area (Å²) in [6.45, 7) is 3.84. The van der Waals surface area contributed by atoms with E-state index in [2.05, 4.69) is 27.2 Å². The number of rotatable bonds is 4. The normalized spacial score (nSPS) is 10.3. The fourth-order valence-electron chi connectivity index (χ4n) is 1.37. The predicted molar refractivity (Wildman–Crippen MR) is 62.6 cm³/mol. The van der Waals surface area contributed by atoms with Crippen LogP contribution >= 0.6 is 0 Å². The average Bonchev–Trinajstić information content (AvgIpc) is 2.38. The van der Waals surface area contributed by atoms with Crippen molar-refractivity contribution >= 4 is 0 Å². The maximum atomic E-state index is 4.32. The zero-order valence-corrected chi connectivity index (χ0v) is 9.22. The molecule has 2 heterocycles. The lowest BCUT2D eigenvalue weighted by Crippen LogP contribution is -2.12. The molecule has 0 aliphatic carbocycles. The quantitative estimate of drug-likeness (QED) is 0.840. The fourth-order valence-corrected chi connectivity index (χ4v) is 1.37. The van der Waals surface area contributed by atoms with E-state index in [1.54, 1.807) is 12.4 Å². The Kier molecular flexibility index (Phi) is 3.56. The highest BCUT2D eigenvalue weighted by Crippen LogP contribution is 2.11. The molecule has 16 heavy (non-hydrogen) atoms. The van der Waals surface area contributed by atoms with E-state index in [4.69, 9.17) is 0 Å². The highest BCUT2D eigenvalue weighted by Gasteiger charge is 2.00. The van der Waals surface area contributed by atoms with E-state index in [0.29, 0.717) is 0 Å². The molecule has 0 bridgehead atoms. The van der Waals surface area contributed by atoms with Crippen LogP contribution in [0.3, 0.4) is 0 Å². The first-order valence-corrected chi connectivity index (χ1v) is 5.32. The van der Waals surface area contributed by atoms with E-state index >= 15 is 0 Å². The van der Waals surface area contributed by atoms with Crippen LogP contribution in [0.2, 0.25) is 0 Å².